The fourth-order valence-corrected chi connectivity index (χ4v) is 6.07. The molecule has 0 spiro atoms. The third-order valence-corrected chi connectivity index (χ3v) is 8.47. The molecule has 234 valence electrons. The van der Waals surface area contributed by atoms with E-state index in [4.69, 9.17) is 0 Å². The second-order valence-corrected chi connectivity index (χ2v) is 11.3. The van der Waals surface area contributed by atoms with E-state index in [0.29, 0.717) is 41.3 Å². The first-order chi connectivity index (χ1) is 22.1. The summed E-state index contributed by atoms with van der Waals surface area (Å²) in [6, 6.07) is 20.3. The molecule has 0 N–H and O–H groups in total. The number of aromatic nitrogens is 2. The molecule has 1 aliphatic heterocycles. The number of fused-ring (bicyclic) bond motifs is 3. The molecule has 1 amide bonds. The Morgan fingerprint density at radius 3 is 2.48 bits per heavy atom. The first-order valence-electron chi connectivity index (χ1n) is 15.0. The number of piperazine rings is 1. The number of carbonyl (C=O) groups excluding carboxylic acids is 1. The molecule has 3 aromatic carbocycles. The van der Waals surface area contributed by atoms with Crippen molar-refractivity contribution in [2.75, 3.05) is 31.1 Å². The number of pyridine rings is 2. The van der Waals surface area contributed by atoms with Gasteiger partial charge in [-0.05, 0) is 73.3 Å². The Hall–Kier alpha value is -5.25. The van der Waals surface area contributed by atoms with Crippen LogP contribution in [-0.2, 0) is 11.0 Å². The van der Waals surface area contributed by atoms with Gasteiger partial charge in [-0.25, -0.2) is 0 Å². The monoisotopic (exact) mass is 623 g/mol. The van der Waals surface area contributed by atoms with Crippen molar-refractivity contribution >= 4 is 57.5 Å². The Labute approximate surface area is 263 Å². The van der Waals surface area contributed by atoms with Crippen LogP contribution in [0.25, 0.3) is 39.1 Å². The number of hydrogen-bond donors (Lipinski definition) is 0. The van der Waals surface area contributed by atoms with Crippen LogP contribution in [-0.4, -0.2) is 53.3 Å². The second kappa shape index (κ2) is 12.3. The highest BCUT2D eigenvalue weighted by molar-refractivity contribution is 6.05. The van der Waals surface area contributed by atoms with E-state index >= 15 is 0 Å². The van der Waals surface area contributed by atoms with Gasteiger partial charge in [0, 0.05) is 66.9 Å². The van der Waals surface area contributed by atoms with Gasteiger partial charge in [0.2, 0.25) is 5.91 Å². The van der Waals surface area contributed by atoms with Gasteiger partial charge < -0.3 is 9.80 Å². The van der Waals surface area contributed by atoms with E-state index in [2.05, 4.69) is 16.7 Å². The minimum atomic E-state index is -4.68. The van der Waals surface area contributed by atoms with Gasteiger partial charge in [-0.15, -0.1) is 0 Å². The van der Waals surface area contributed by atoms with Crippen molar-refractivity contribution in [3.63, 3.8) is 0 Å². The van der Waals surface area contributed by atoms with Crippen LogP contribution in [0, 0.1) is 0 Å². The number of alkyl halides is 3. The number of benzene rings is 3. The molecule has 3 heterocycles. The zero-order valence-electron chi connectivity index (χ0n) is 25.5. The Morgan fingerprint density at radius 2 is 1.76 bits per heavy atom. The topological polar surface area (TPSA) is 70.8 Å². The number of hydrogen-bond acceptors (Lipinski definition) is 5. The molecule has 1 aliphatic rings. The molecular formula is C36H32F3N5O2. The molecule has 6 rings (SSSR count). The molecule has 1 fully saturated rings. The van der Waals surface area contributed by atoms with Crippen molar-refractivity contribution in [1.82, 2.24) is 14.5 Å². The van der Waals surface area contributed by atoms with Crippen molar-refractivity contribution in [2.24, 2.45) is 4.99 Å². The van der Waals surface area contributed by atoms with E-state index < -0.39 is 17.3 Å². The highest BCUT2D eigenvalue weighted by Gasteiger charge is 2.36. The average Bonchev–Trinajstić information content (AvgIpc) is 3.07. The summed E-state index contributed by atoms with van der Waals surface area (Å²) in [6.45, 7) is 8.63. The fraction of sp³-hybridized carbons (Fsp3) is 0.222. The minimum absolute atomic E-state index is 0.0180. The van der Waals surface area contributed by atoms with Gasteiger partial charge in [0.25, 0.3) is 5.56 Å². The summed E-state index contributed by atoms with van der Waals surface area (Å²) in [5.41, 5.74) is 3.30. The Bertz CT molecular complexity index is 2070. The first-order valence-corrected chi connectivity index (χ1v) is 15.0. The fourth-order valence-electron chi connectivity index (χ4n) is 6.07. The lowest BCUT2D eigenvalue weighted by Crippen LogP contribution is -2.49. The lowest BCUT2D eigenvalue weighted by molar-refractivity contribution is -0.137. The molecule has 2 aromatic heterocycles. The summed E-state index contributed by atoms with van der Waals surface area (Å²) in [5.74, 6) is -0.0180. The van der Waals surface area contributed by atoms with Crippen LogP contribution in [0.1, 0.15) is 37.0 Å². The van der Waals surface area contributed by atoms with Crippen LogP contribution in [0.3, 0.4) is 0 Å². The second-order valence-electron chi connectivity index (χ2n) is 11.3. The van der Waals surface area contributed by atoms with Crippen molar-refractivity contribution < 1.29 is 18.0 Å². The van der Waals surface area contributed by atoms with Gasteiger partial charge >= 0.3 is 6.18 Å². The molecule has 0 atom stereocenters. The minimum Gasteiger partial charge on any atom is -0.367 e. The summed E-state index contributed by atoms with van der Waals surface area (Å²) >= 11 is 0. The zero-order valence-corrected chi connectivity index (χ0v) is 25.5. The standard InChI is InChI=1S/C36H32F3N5O2/c1-4-33(45)43-17-15-42(16-18-43)32-13-11-27(21-29(32)36(37,38)39)44-34(46)14-10-26-22-41-31-12-9-24(20-28(31)35(26)44)23(2)19-25-7-5-6-8-30(25)40-3/h5-14,19-22H,3-4,15-18H2,1-2H3/b23-19+. The van der Waals surface area contributed by atoms with Crippen molar-refractivity contribution in [3.05, 3.63) is 106 Å². The molecule has 10 heteroatoms. The van der Waals surface area contributed by atoms with Gasteiger partial charge in [-0.3, -0.25) is 24.1 Å². The normalized spacial score (nSPS) is 14.2. The highest BCUT2D eigenvalue weighted by atomic mass is 19.4. The highest BCUT2D eigenvalue weighted by Crippen LogP contribution is 2.39. The predicted octanol–water partition coefficient (Wildman–Crippen LogP) is 7.51. The number of para-hydroxylation sites is 1. The Kier molecular flexibility index (Phi) is 8.20. The number of carbonyl (C=O) groups is 1. The van der Waals surface area contributed by atoms with E-state index in [9.17, 15) is 22.8 Å². The summed E-state index contributed by atoms with van der Waals surface area (Å²) < 4.78 is 45.1. The number of anilines is 1. The van der Waals surface area contributed by atoms with Gasteiger partial charge in [0.1, 0.15) is 0 Å². The maximum Gasteiger partial charge on any atom is 0.418 e. The first kappa shape index (κ1) is 30.8. The number of rotatable bonds is 6. The molecule has 0 aliphatic carbocycles. The average molecular weight is 624 g/mol. The molecule has 0 saturated carbocycles. The predicted molar refractivity (Wildman–Crippen MR) is 178 cm³/mol. The summed E-state index contributed by atoms with van der Waals surface area (Å²) in [5, 5.41) is 1.24. The van der Waals surface area contributed by atoms with Crippen LogP contribution in [0.5, 0.6) is 0 Å². The van der Waals surface area contributed by atoms with Crippen LogP contribution in [0.15, 0.2) is 88.8 Å². The zero-order chi connectivity index (χ0) is 32.6. The largest absolute Gasteiger partial charge is 0.418 e. The summed E-state index contributed by atoms with van der Waals surface area (Å²) in [4.78, 5) is 37.6. The quantitative estimate of drug-likeness (QED) is 0.112. The maximum absolute atomic E-state index is 14.6. The molecule has 5 aromatic rings. The van der Waals surface area contributed by atoms with Gasteiger partial charge in [-0.1, -0.05) is 31.2 Å². The summed E-state index contributed by atoms with van der Waals surface area (Å²) in [6.07, 6.45) is -0.711. The lowest BCUT2D eigenvalue weighted by Gasteiger charge is -2.37. The number of aliphatic imine (C=N–C) groups is 1. The van der Waals surface area contributed by atoms with Crippen molar-refractivity contribution in [2.45, 2.75) is 26.4 Å². The number of amides is 1. The number of allylic oxidation sites excluding steroid dienone is 1. The van der Waals surface area contributed by atoms with Gasteiger partial charge in [0.15, 0.2) is 0 Å². The molecule has 1 saturated heterocycles. The van der Waals surface area contributed by atoms with Crippen LogP contribution < -0.4 is 10.5 Å². The SMILES string of the molecule is C=Nc1ccccc1/C=C(\C)c1ccc2ncc3ccc(=O)n(-c4ccc(N5CCN(C(=O)CC)CC5)c(C(F)(F)F)c4)c3c2c1. The molecule has 0 unspecified atom stereocenters. The molecule has 0 radical (unpaired) electrons. The van der Waals surface area contributed by atoms with Gasteiger partial charge in [0.05, 0.1) is 28.0 Å². The van der Waals surface area contributed by atoms with Gasteiger partial charge in [-0.2, -0.15) is 13.2 Å². The smallest absolute Gasteiger partial charge is 0.367 e. The van der Waals surface area contributed by atoms with Crippen LogP contribution >= 0.6 is 0 Å². The Morgan fingerprint density at radius 1 is 1.00 bits per heavy atom. The van der Waals surface area contributed by atoms with E-state index in [1.807, 2.05) is 55.5 Å². The van der Waals surface area contributed by atoms with E-state index in [1.54, 1.807) is 35.1 Å². The van der Waals surface area contributed by atoms with E-state index in [-0.39, 0.29) is 30.4 Å². The Balaban J connectivity index is 1.49. The van der Waals surface area contributed by atoms with Crippen molar-refractivity contribution in [1.29, 1.82) is 0 Å². The maximum atomic E-state index is 14.6. The van der Waals surface area contributed by atoms with Crippen molar-refractivity contribution in [3.8, 4) is 5.69 Å². The third kappa shape index (κ3) is 5.78. The molecule has 46 heavy (non-hydrogen) atoms. The van der Waals surface area contributed by atoms with E-state index in [0.717, 1.165) is 28.5 Å². The summed E-state index contributed by atoms with van der Waals surface area (Å²) in [7, 11) is 0. The number of nitrogens with zero attached hydrogens (tertiary/aromatic N) is 5. The lowest BCUT2D eigenvalue weighted by atomic mass is 10.0. The number of halogens is 3. The van der Waals surface area contributed by atoms with E-state index in [1.165, 1.54) is 16.7 Å². The van der Waals surface area contributed by atoms with Crippen LogP contribution in [0.2, 0.25) is 0 Å². The third-order valence-electron chi connectivity index (χ3n) is 8.47. The molecule has 7 nitrogen and oxygen atoms in total. The molecule has 0 bridgehead atoms. The molecular weight excluding hydrogens is 591 g/mol. The van der Waals surface area contributed by atoms with Crippen LogP contribution in [0.4, 0.5) is 24.5 Å².